The summed E-state index contributed by atoms with van der Waals surface area (Å²) in [5, 5.41) is 3.56. The summed E-state index contributed by atoms with van der Waals surface area (Å²) >= 11 is 1.39. The Kier molecular flexibility index (Phi) is 5.96. The second-order valence-corrected chi connectivity index (χ2v) is 8.52. The monoisotopic (exact) mass is 417 g/mol. The molecule has 0 bridgehead atoms. The lowest BCUT2D eigenvalue weighted by atomic mass is 9.88. The lowest BCUT2D eigenvalue weighted by Gasteiger charge is -2.19. The molecule has 154 valence electrons. The summed E-state index contributed by atoms with van der Waals surface area (Å²) in [5.74, 6) is -0.922. The molecule has 0 radical (unpaired) electrons. The summed E-state index contributed by atoms with van der Waals surface area (Å²) in [6, 6.07) is 6.40. The zero-order valence-electron chi connectivity index (χ0n) is 16.3. The van der Waals surface area contributed by atoms with Crippen LogP contribution in [0.5, 0.6) is 0 Å². The van der Waals surface area contributed by atoms with Crippen LogP contribution in [0.4, 0.5) is 9.39 Å². The van der Waals surface area contributed by atoms with E-state index in [0.717, 1.165) is 35.3 Å². The van der Waals surface area contributed by atoms with E-state index in [1.807, 2.05) is 0 Å². The fourth-order valence-electron chi connectivity index (χ4n) is 4.33. The van der Waals surface area contributed by atoms with Gasteiger partial charge in [-0.3, -0.25) is 4.79 Å². The molecule has 7 heteroatoms. The van der Waals surface area contributed by atoms with Crippen molar-refractivity contribution in [3.63, 3.8) is 0 Å². The maximum atomic E-state index is 13.3. The summed E-state index contributed by atoms with van der Waals surface area (Å²) in [6.07, 6.45) is 3.25. The zero-order chi connectivity index (χ0) is 20.4. The van der Waals surface area contributed by atoms with Crippen molar-refractivity contribution in [2.45, 2.75) is 45.1 Å². The average Bonchev–Trinajstić information content (AvgIpc) is 3.33. The van der Waals surface area contributed by atoms with Crippen LogP contribution in [-0.4, -0.2) is 25.1 Å². The van der Waals surface area contributed by atoms with Gasteiger partial charge in [-0.2, -0.15) is 0 Å². The van der Waals surface area contributed by atoms with Crippen molar-refractivity contribution in [3.8, 4) is 0 Å². The molecule has 0 saturated heterocycles. The van der Waals surface area contributed by atoms with Crippen LogP contribution < -0.4 is 5.32 Å². The predicted octanol–water partition coefficient (Wildman–Crippen LogP) is 4.66. The third-order valence-electron chi connectivity index (χ3n) is 5.69. The SMILES string of the molecule is CCOC(=O)c1c(NC(=O)[C@@H]2CCC[C@H]2c2ccc(F)cc2)sc2c1CCOC2. The minimum Gasteiger partial charge on any atom is -0.462 e. The number of rotatable bonds is 5. The Morgan fingerprint density at radius 1 is 1.28 bits per heavy atom. The topological polar surface area (TPSA) is 64.6 Å². The normalized spacial score (nSPS) is 20.9. The zero-order valence-corrected chi connectivity index (χ0v) is 17.1. The minimum atomic E-state index is -0.399. The van der Waals surface area contributed by atoms with Gasteiger partial charge in [0, 0.05) is 10.8 Å². The summed E-state index contributed by atoms with van der Waals surface area (Å²) in [5.41, 5.74) is 2.38. The van der Waals surface area contributed by atoms with Gasteiger partial charge in [-0.05, 0) is 55.4 Å². The van der Waals surface area contributed by atoms with Crippen LogP contribution in [0.1, 0.15) is 58.5 Å². The van der Waals surface area contributed by atoms with Gasteiger partial charge in [0.25, 0.3) is 0 Å². The van der Waals surface area contributed by atoms with Crippen LogP contribution in [0.15, 0.2) is 24.3 Å². The van der Waals surface area contributed by atoms with E-state index in [0.29, 0.717) is 30.2 Å². The van der Waals surface area contributed by atoms with Crippen molar-refractivity contribution in [2.24, 2.45) is 5.92 Å². The summed E-state index contributed by atoms with van der Waals surface area (Å²) < 4.78 is 24.0. The van der Waals surface area contributed by atoms with Gasteiger partial charge in [-0.25, -0.2) is 9.18 Å². The Bertz CT molecular complexity index is 908. The molecule has 2 aromatic rings. The van der Waals surface area contributed by atoms with E-state index < -0.39 is 5.97 Å². The van der Waals surface area contributed by atoms with Crippen LogP contribution in [0.2, 0.25) is 0 Å². The van der Waals surface area contributed by atoms with E-state index in [1.54, 1.807) is 19.1 Å². The van der Waals surface area contributed by atoms with Crippen LogP contribution >= 0.6 is 11.3 Å². The molecular weight excluding hydrogens is 393 g/mol. The number of hydrogen-bond acceptors (Lipinski definition) is 5. The van der Waals surface area contributed by atoms with E-state index >= 15 is 0 Å². The highest BCUT2D eigenvalue weighted by Gasteiger charge is 2.35. The van der Waals surface area contributed by atoms with E-state index in [-0.39, 0.29) is 30.2 Å². The number of halogens is 1. The molecule has 2 atom stereocenters. The molecule has 0 spiro atoms. The molecule has 2 aliphatic rings. The Hall–Kier alpha value is -2.25. The highest BCUT2D eigenvalue weighted by atomic mass is 32.1. The molecule has 1 aromatic heterocycles. The van der Waals surface area contributed by atoms with Crippen molar-refractivity contribution in [1.82, 2.24) is 0 Å². The molecule has 1 aliphatic heterocycles. The second kappa shape index (κ2) is 8.63. The molecule has 1 N–H and O–H groups in total. The van der Waals surface area contributed by atoms with Crippen LogP contribution in [-0.2, 0) is 27.3 Å². The summed E-state index contributed by atoms with van der Waals surface area (Å²) in [6.45, 7) is 3.05. The fraction of sp³-hybridized carbons (Fsp3) is 0.455. The lowest BCUT2D eigenvalue weighted by Crippen LogP contribution is -2.25. The molecule has 1 fully saturated rings. The number of nitrogens with one attached hydrogen (secondary N) is 1. The van der Waals surface area contributed by atoms with Gasteiger partial charge in [0.2, 0.25) is 5.91 Å². The highest BCUT2D eigenvalue weighted by molar-refractivity contribution is 7.17. The van der Waals surface area contributed by atoms with Crippen LogP contribution in [0.3, 0.4) is 0 Å². The summed E-state index contributed by atoms with van der Waals surface area (Å²) in [7, 11) is 0. The van der Waals surface area contributed by atoms with Gasteiger partial charge in [-0.1, -0.05) is 18.6 Å². The van der Waals surface area contributed by atoms with Crippen LogP contribution in [0.25, 0.3) is 0 Å². The molecule has 0 unspecified atom stereocenters. The predicted molar refractivity (Wildman–Crippen MR) is 109 cm³/mol. The number of carbonyl (C=O) groups is 2. The van der Waals surface area contributed by atoms with Crippen molar-refractivity contribution >= 4 is 28.2 Å². The third-order valence-corrected chi connectivity index (χ3v) is 6.81. The Balaban J connectivity index is 1.58. The second-order valence-electron chi connectivity index (χ2n) is 7.42. The average molecular weight is 418 g/mol. The summed E-state index contributed by atoms with van der Waals surface area (Å²) in [4.78, 5) is 26.7. The quantitative estimate of drug-likeness (QED) is 0.719. The Morgan fingerprint density at radius 2 is 2.07 bits per heavy atom. The maximum Gasteiger partial charge on any atom is 0.341 e. The van der Waals surface area contributed by atoms with Crippen molar-refractivity contribution in [2.75, 3.05) is 18.5 Å². The van der Waals surface area contributed by atoms with Gasteiger partial charge in [-0.15, -0.1) is 11.3 Å². The first-order chi connectivity index (χ1) is 14.1. The van der Waals surface area contributed by atoms with Gasteiger partial charge in [0.1, 0.15) is 10.8 Å². The van der Waals surface area contributed by atoms with Gasteiger partial charge in [0.05, 0.1) is 25.4 Å². The number of carbonyl (C=O) groups excluding carboxylic acids is 2. The third kappa shape index (κ3) is 4.07. The standard InChI is InChI=1S/C22H24FNO4S/c1-2-28-22(26)19-17-10-11-27-12-18(17)29-21(19)24-20(25)16-5-3-4-15(16)13-6-8-14(23)9-7-13/h6-9,15-16H,2-5,10-12H2,1H3,(H,24,25)/t15-,16+/m0/s1. The molecule has 1 aliphatic carbocycles. The lowest BCUT2D eigenvalue weighted by molar-refractivity contribution is -0.120. The number of amides is 1. The van der Waals surface area contributed by atoms with Gasteiger partial charge >= 0.3 is 5.97 Å². The minimum absolute atomic E-state index is 0.0552. The van der Waals surface area contributed by atoms with E-state index in [9.17, 15) is 14.0 Å². The first-order valence-electron chi connectivity index (χ1n) is 10.0. The van der Waals surface area contributed by atoms with Crippen molar-refractivity contribution in [3.05, 3.63) is 51.7 Å². The van der Waals surface area contributed by atoms with Crippen LogP contribution in [0, 0.1) is 11.7 Å². The fourth-order valence-corrected chi connectivity index (χ4v) is 5.50. The number of ether oxygens (including phenoxy) is 2. The number of fused-ring (bicyclic) bond motifs is 1. The van der Waals surface area contributed by atoms with E-state index in [2.05, 4.69) is 5.32 Å². The molecule has 4 rings (SSSR count). The first kappa shape index (κ1) is 20.0. The molecule has 1 saturated carbocycles. The number of thiophene rings is 1. The number of benzene rings is 1. The molecule has 29 heavy (non-hydrogen) atoms. The van der Waals surface area contributed by atoms with E-state index in [4.69, 9.17) is 9.47 Å². The maximum absolute atomic E-state index is 13.3. The molecule has 5 nitrogen and oxygen atoms in total. The molecule has 1 aromatic carbocycles. The number of anilines is 1. The molecule has 1 amide bonds. The Morgan fingerprint density at radius 3 is 2.83 bits per heavy atom. The molecule has 2 heterocycles. The largest absolute Gasteiger partial charge is 0.462 e. The number of hydrogen-bond donors (Lipinski definition) is 1. The van der Waals surface area contributed by atoms with Crippen molar-refractivity contribution in [1.29, 1.82) is 0 Å². The van der Waals surface area contributed by atoms with E-state index in [1.165, 1.54) is 23.5 Å². The van der Waals surface area contributed by atoms with Gasteiger partial charge < -0.3 is 14.8 Å². The highest BCUT2D eigenvalue weighted by Crippen LogP contribution is 2.42. The van der Waals surface area contributed by atoms with Crippen molar-refractivity contribution < 1.29 is 23.5 Å². The molecular formula is C22H24FNO4S. The number of esters is 1. The smallest absolute Gasteiger partial charge is 0.341 e. The first-order valence-corrected chi connectivity index (χ1v) is 10.9. The van der Waals surface area contributed by atoms with Gasteiger partial charge in [0.15, 0.2) is 0 Å². The Labute approximate surface area is 173 Å².